The summed E-state index contributed by atoms with van der Waals surface area (Å²) in [6.45, 7) is 1.47. The van der Waals surface area contributed by atoms with Gasteiger partial charge in [-0.1, -0.05) is 36.4 Å². The van der Waals surface area contributed by atoms with Crippen molar-refractivity contribution in [3.8, 4) is 0 Å². The Labute approximate surface area is 132 Å². The highest BCUT2D eigenvalue weighted by molar-refractivity contribution is 6.09. The van der Waals surface area contributed by atoms with E-state index >= 15 is 0 Å². The number of furan rings is 1. The molecular formula is C18H15NO4. The number of carboxylic acids is 1. The Morgan fingerprint density at radius 3 is 2.35 bits per heavy atom. The van der Waals surface area contributed by atoms with Crippen LogP contribution in [0.5, 0.6) is 0 Å². The van der Waals surface area contributed by atoms with E-state index in [9.17, 15) is 14.7 Å². The molecule has 1 heterocycles. The Hall–Kier alpha value is -3.08. The lowest BCUT2D eigenvalue weighted by molar-refractivity contribution is -0.138. The number of carbonyl (C=O) groups excluding carboxylic acids is 1. The van der Waals surface area contributed by atoms with Crippen LogP contribution in [0.3, 0.4) is 0 Å². The summed E-state index contributed by atoms with van der Waals surface area (Å²) in [6.07, 6.45) is 0. The molecule has 0 radical (unpaired) electrons. The number of rotatable bonds is 4. The molecule has 0 aliphatic carbocycles. The van der Waals surface area contributed by atoms with Crippen LogP contribution in [0.25, 0.3) is 11.0 Å². The van der Waals surface area contributed by atoms with Crippen LogP contribution in [0.1, 0.15) is 17.5 Å². The summed E-state index contributed by atoms with van der Waals surface area (Å²) in [5, 5.41) is 10.1. The molecule has 0 aliphatic heterocycles. The number of benzene rings is 2. The average Bonchev–Trinajstić information content (AvgIpc) is 3.00. The van der Waals surface area contributed by atoms with Crippen molar-refractivity contribution >= 4 is 28.5 Å². The standard InChI is InChI=1S/C18H15NO4/c1-12(18(21)22)19(14-8-3-2-4-9-14)17(20)16-11-13-7-5-6-10-15(13)23-16/h2-12H,1H3,(H,21,22)/t12-/m0/s1. The lowest BCUT2D eigenvalue weighted by atomic mass is 10.2. The molecule has 3 aromatic rings. The van der Waals surface area contributed by atoms with Gasteiger partial charge in [-0.25, -0.2) is 4.79 Å². The van der Waals surface area contributed by atoms with Gasteiger partial charge in [0.25, 0.3) is 5.91 Å². The van der Waals surface area contributed by atoms with E-state index in [1.165, 1.54) is 11.8 Å². The number of hydrogen-bond acceptors (Lipinski definition) is 3. The number of amides is 1. The molecule has 0 fully saturated rings. The first-order valence-corrected chi connectivity index (χ1v) is 7.18. The van der Waals surface area contributed by atoms with Crippen molar-refractivity contribution in [3.63, 3.8) is 0 Å². The fourth-order valence-electron chi connectivity index (χ4n) is 2.42. The van der Waals surface area contributed by atoms with Crippen LogP contribution >= 0.6 is 0 Å². The zero-order valence-electron chi connectivity index (χ0n) is 12.5. The van der Waals surface area contributed by atoms with Crippen LogP contribution in [0, 0.1) is 0 Å². The highest BCUT2D eigenvalue weighted by Crippen LogP contribution is 2.24. The van der Waals surface area contributed by atoms with Gasteiger partial charge in [0.15, 0.2) is 5.76 Å². The van der Waals surface area contributed by atoms with Crippen molar-refractivity contribution < 1.29 is 19.1 Å². The molecule has 0 saturated carbocycles. The number of carboxylic acid groups (broad SMARTS) is 1. The number of para-hydroxylation sites is 2. The summed E-state index contributed by atoms with van der Waals surface area (Å²) < 4.78 is 5.58. The maximum absolute atomic E-state index is 12.8. The molecular weight excluding hydrogens is 294 g/mol. The highest BCUT2D eigenvalue weighted by Gasteiger charge is 2.30. The molecule has 116 valence electrons. The third kappa shape index (κ3) is 2.81. The lowest BCUT2D eigenvalue weighted by Crippen LogP contribution is -2.43. The molecule has 5 heteroatoms. The van der Waals surface area contributed by atoms with Gasteiger partial charge in [0.2, 0.25) is 0 Å². The lowest BCUT2D eigenvalue weighted by Gasteiger charge is -2.25. The molecule has 0 aliphatic rings. The summed E-state index contributed by atoms with van der Waals surface area (Å²) >= 11 is 0. The fraction of sp³-hybridized carbons (Fsp3) is 0.111. The van der Waals surface area contributed by atoms with Crippen LogP contribution in [0.15, 0.2) is 65.1 Å². The van der Waals surface area contributed by atoms with Gasteiger partial charge >= 0.3 is 5.97 Å². The first-order chi connectivity index (χ1) is 11.1. The molecule has 2 aromatic carbocycles. The minimum atomic E-state index is -1.08. The van der Waals surface area contributed by atoms with E-state index in [4.69, 9.17) is 4.42 Å². The van der Waals surface area contributed by atoms with Gasteiger partial charge in [0, 0.05) is 11.1 Å². The van der Waals surface area contributed by atoms with Crippen molar-refractivity contribution in [2.45, 2.75) is 13.0 Å². The normalized spacial score (nSPS) is 12.0. The van der Waals surface area contributed by atoms with Crippen molar-refractivity contribution in [2.24, 2.45) is 0 Å². The van der Waals surface area contributed by atoms with Crippen LogP contribution in [0.4, 0.5) is 5.69 Å². The SMILES string of the molecule is C[C@@H](C(=O)O)N(C(=O)c1cc2ccccc2o1)c1ccccc1. The maximum Gasteiger partial charge on any atom is 0.326 e. The number of anilines is 1. The van der Waals surface area contributed by atoms with Crippen LogP contribution in [-0.4, -0.2) is 23.0 Å². The molecule has 5 nitrogen and oxygen atoms in total. The van der Waals surface area contributed by atoms with Crippen LogP contribution in [-0.2, 0) is 4.79 Å². The first-order valence-electron chi connectivity index (χ1n) is 7.18. The topological polar surface area (TPSA) is 70.8 Å². The van der Waals surface area contributed by atoms with E-state index in [-0.39, 0.29) is 5.76 Å². The predicted molar refractivity (Wildman–Crippen MR) is 86.6 cm³/mol. The van der Waals surface area contributed by atoms with Crippen molar-refractivity contribution in [1.82, 2.24) is 0 Å². The maximum atomic E-state index is 12.8. The van der Waals surface area contributed by atoms with Gasteiger partial charge in [-0.15, -0.1) is 0 Å². The van der Waals surface area contributed by atoms with Gasteiger partial charge in [-0.05, 0) is 31.2 Å². The van der Waals surface area contributed by atoms with Gasteiger partial charge < -0.3 is 9.52 Å². The van der Waals surface area contributed by atoms with E-state index in [1.54, 1.807) is 42.5 Å². The van der Waals surface area contributed by atoms with Gasteiger partial charge in [-0.3, -0.25) is 9.69 Å². The summed E-state index contributed by atoms with van der Waals surface area (Å²) in [5.41, 5.74) is 1.10. The molecule has 0 bridgehead atoms. The fourth-order valence-corrected chi connectivity index (χ4v) is 2.42. The van der Waals surface area contributed by atoms with Crippen LogP contribution < -0.4 is 4.90 Å². The minimum absolute atomic E-state index is 0.114. The van der Waals surface area contributed by atoms with Crippen molar-refractivity contribution in [2.75, 3.05) is 4.90 Å². The summed E-state index contributed by atoms with van der Waals surface area (Å²) in [5.74, 6) is -1.45. The Morgan fingerprint density at radius 1 is 1.04 bits per heavy atom. The smallest absolute Gasteiger partial charge is 0.326 e. The summed E-state index contributed by atoms with van der Waals surface area (Å²) in [6, 6.07) is 16.6. The van der Waals surface area contributed by atoms with Gasteiger partial charge in [0.1, 0.15) is 11.6 Å². The quantitative estimate of drug-likeness (QED) is 0.800. The minimum Gasteiger partial charge on any atom is -0.480 e. The van der Waals surface area contributed by atoms with Gasteiger partial charge in [0.05, 0.1) is 0 Å². The largest absolute Gasteiger partial charge is 0.480 e. The zero-order valence-corrected chi connectivity index (χ0v) is 12.5. The Morgan fingerprint density at radius 2 is 1.70 bits per heavy atom. The molecule has 0 spiro atoms. The van der Waals surface area contributed by atoms with E-state index in [0.717, 1.165) is 5.39 Å². The summed E-state index contributed by atoms with van der Waals surface area (Å²) in [7, 11) is 0. The second kappa shape index (κ2) is 5.96. The second-order valence-corrected chi connectivity index (χ2v) is 5.17. The molecule has 3 rings (SSSR count). The molecule has 0 saturated heterocycles. The third-order valence-corrected chi connectivity index (χ3v) is 3.63. The van der Waals surface area contributed by atoms with E-state index in [1.807, 2.05) is 18.2 Å². The number of fused-ring (bicyclic) bond motifs is 1. The molecule has 0 unspecified atom stereocenters. The highest BCUT2D eigenvalue weighted by atomic mass is 16.4. The van der Waals surface area contributed by atoms with Gasteiger partial charge in [-0.2, -0.15) is 0 Å². The van der Waals surface area contributed by atoms with E-state index in [0.29, 0.717) is 11.3 Å². The zero-order chi connectivity index (χ0) is 16.4. The van der Waals surface area contributed by atoms with Crippen molar-refractivity contribution in [1.29, 1.82) is 0 Å². The van der Waals surface area contributed by atoms with Crippen molar-refractivity contribution in [3.05, 3.63) is 66.4 Å². The number of hydrogen-bond donors (Lipinski definition) is 1. The molecule has 1 aromatic heterocycles. The van der Waals surface area contributed by atoms with E-state index < -0.39 is 17.9 Å². The Bertz CT molecular complexity index is 821. The Kier molecular flexibility index (Phi) is 3.85. The number of aliphatic carboxylic acids is 1. The third-order valence-electron chi connectivity index (χ3n) is 3.63. The number of carbonyl (C=O) groups is 2. The van der Waals surface area contributed by atoms with Crippen LogP contribution in [0.2, 0.25) is 0 Å². The average molecular weight is 309 g/mol. The summed E-state index contributed by atoms with van der Waals surface area (Å²) in [4.78, 5) is 25.4. The molecule has 1 atom stereocenters. The second-order valence-electron chi connectivity index (χ2n) is 5.17. The van der Waals surface area contributed by atoms with E-state index in [2.05, 4.69) is 0 Å². The molecule has 1 N–H and O–H groups in total. The first kappa shape index (κ1) is 14.8. The molecule has 1 amide bonds. The number of nitrogens with zero attached hydrogens (tertiary/aromatic N) is 1. The predicted octanol–water partition coefficient (Wildman–Crippen LogP) is 3.55. The Balaban J connectivity index is 2.05. The molecule has 23 heavy (non-hydrogen) atoms. The monoisotopic (exact) mass is 309 g/mol.